The molecule has 0 saturated carbocycles. The molecule has 0 spiro atoms. The summed E-state index contributed by atoms with van der Waals surface area (Å²) in [5.74, 6) is 0.132. The maximum atomic E-state index is 13.9. The average Bonchev–Trinajstić information content (AvgIpc) is 3.12. The minimum absolute atomic E-state index is 0.188. The number of sulfonamides is 1. The van der Waals surface area contributed by atoms with Gasteiger partial charge in [-0.3, -0.25) is 0 Å². The first-order chi connectivity index (χ1) is 14.0. The van der Waals surface area contributed by atoms with Crippen LogP contribution in [0.2, 0.25) is 0 Å². The Morgan fingerprint density at radius 2 is 1.69 bits per heavy atom. The maximum absolute atomic E-state index is 13.9. The Hall–Kier alpha value is -2.51. The lowest BCUT2D eigenvalue weighted by Crippen LogP contribution is -2.40. The van der Waals surface area contributed by atoms with Crippen LogP contribution in [-0.2, 0) is 15.8 Å². The van der Waals surface area contributed by atoms with Gasteiger partial charge < -0.3 is 4.57 Å². The van der Waals surface area contributed by atoms with E-state index in [1.54, 1.807) is 12.1 Å². The average molecular weight is 414 g/mol. The molecule has 3 aromatic rings. The summed E-state index contributed by atoms with van der Waals surface area (Å²) in [4.78, 5) is 4.58. The molecule has 1 aliphatic rings. The summed E-state index contributed by atoms with van der Waals surface area (Å²) in [6.45, 7) is 2.88. The van der Waals surface area contributed by atoms with Gasteiger partial charge in [-0.1, -0.05) is 48.5 Å². The van der Waals surface area contributed by atoms with Gasteiger partial charge in [-0.15, -0.1) is 0 Å². The minimum atomic E-state index is -3.56. The molecule has 0 radical (unpaired) electrons. The first kappa shape index (κ1) is 19.8. The molecule has 152 valence electrons. The lowest BCUT2D eigenvalue weighted by molar-refractivity contribution is 0.273. The second-order valence-corrected chi connectivity index (χ2v) is 9.41. The van der Waals surface area contributed by atoms with Crippen molar-refractivity contribution in [3.63, 3.8) is 0 Å². The van der Waals surface area contributed by atoms with Crippen LogP contribution in [-0.4, -0.2) is 35.4 Å². The Bertz CT molecular complexity index is 1090. The van der Waals surface area contributed by atoms with Crippen LogP contribution in [0.1, 0.15) is 30.1 Å². The monoisotopic (exact) mass is 413 g/mol. The highest BCUT2D eigenvalue weighted by molar-refractivity contribution is 7.88. The van der Waals surface area contributed by atoms with Crippen LogP contribution in [0.3, 0.4) is 0 Å². The first-order valence-corrected chi connectivity index (χ1v) is 11.4. The molecule has 1 aromatic heterocycles. The Morgan fingerprint density at radius 3 is 2.38 bits per heavy atom. The van der Waals surface area contributed by atoms with Gasteiger partial charge in [0.05, 0.1) is 5.75 Å². The van der Waals surface area contributed by atoms with Crippen molar-refractivity contribution in [1.29, 1.82) is 0 Å². The predicted molar refractivity (Wildman–Crippen MR) is 111 cm³/mol. The summed E-state index contributed by atoms with van der Waals surface area (Å²) in [6, 6.07) is 16.3. The van der Waals surface area contributed by atoms with E-state index in [2.05, 4.69) is 9.55 Å². The summed E-state index contributed by atoms with van der Waals surface area (Å²) in [7, 11) is -3.56. The third-order valence-corrected chi connectivity index (χ3v) is 7.32. The van der Waals surface area contributed by atoms with Gasteiger partial charge in [-0.05, 0) is 25.8 Å². The van der Waals surface area contributed by atoms with Gasteiger partial charge in [0.2, 0.25) is 10.0 Å². The molecule has 1 saturated heterocycles. The zero-order valence-electron chi connectivity index (χ0n) is 16.3. The Kier molecular flexibility index (Phi) is 5.52. The highest BCUT2D eigenvalue weighted by Crippen LogP contribution is 2.31. The number of piperidine rings is 1. The third-order valence-electron chi connectivity index (χ3n) is 5.49. The number of nitrogens with zero attached hydrogens (tertiary/aromatic N) is 3. The Labute approximate surface area is 170 Å². The predicted octanol–water partition coefficient (Wildman–Crippen LogP) is 4.16. The molecular formula is C22H24FN3O2S. The fraction of sp³-hybridized carbons (Fsp3) is 0.318. The van der Waals surface area contributed by atoms with Crippen molar-refractivity contribution in [3.8, 4) is 11.4 Å². The van der Waals surface area contributed by atoms with Crippen molar-refractivity contribution in [2.24, 2.45) is 0 Å². The molecule has 0 bridgehead atoms. The molecule has 1 aliphatic heterocycles. The number of rotatable bonds is 5. The lowest BCUT2D eigenvalue weighted by atomic mass is 10.1. The largest absolute Gasteiger partial charge is 0.325 e. The second-order valence-electron chi connectivity index (χ2n) is 7.44. The zero-order valence-corrected chi connectivity index (χ0v) is 17.1. The Balaban J connectivity index is 1.49. The second kappa shape index (κ2) is 8.08. The highest BCUT2D eigenvalue weighted by atomic mass is 32.2. The summed E-state index contributed by atoms with van der Waals surface area (Å²) in [5.41, 5.74) is 2.33. The number of hydrogen-bond acceptors (Lipinski definition) is 3. The van der Waals surface area contributed by atoms with Crippen molar-refractivity contribution < 1.29 is 12.8 Å². The fourth-order valence-electron chi connectivity index (χ4n) is 3.99. The van der Waals surface area contributed by atoms with Gasteiger partial charge in [-0.25, -0.2) is 22.1 Å². The van der Waals surface area contributed by atoms with Crippen molar-refractivity contribution >= 4 is 10.0 Å². The summed E-state index contributed by atoms with van der Waals surface area (Å²) >= 11 is 0. The van der Waals surface area contributed by atoms with Gasteiger partial charge in [0.15, 0.2) is 0 Å². The molecule has 29 heavy (non-hydrogen) atoms. The van der Waals surface area contributed by atoms with E-state index in [-0.39, 0.29) is 17.4 Å². The van der Waals surface area contributed by atoms with Crippen LogP contribution in [0.4, 0.5) is 4.39 Å². The molecule has 0 atom stereocenters. The standard InChI is InChI=1S/C22H24FN3O2S/c1-17-15-24-22(18-7-3-2-4-8-18)26(17)20-11-13-25(14-12-20)29(27,28)16-19-9-5-6-10-21(19)23/h2-10,15,20H,11-14,16H2,1H3. The SMILES string of the molecule is Cc1cnc(-c2ccccc2)n1C1CCN(S(=O)(=O)Cc2ccccc2F)CC1. The van der Waals surface area contributed by atoms with Crippen LogP contribution >= 0.6 is 0 Å². The van der Waals surface area contributed by atoms with Crippen molar-refractivity contribution in [2.45, 2.75) is 31.6 Å². The van der Waals surface area contributed by atoms with Crippen molar-refractivity contribution in [2.75, 3.05) is 13.1 Å². The fourth-order valence-corrected chi connectivity index (χ4v) is 5.57. The molecular weight excluding hydrogens is 389 g/mol. The molecule has 1 fully saturated rings. The van der Waals surface area contributed by atoms with E-state index in [0.29, 0.717) is 25.9 Å². The summed E-state index contributed by atoms with van der Waals surface area (Å²) in [5, 5.41) is 0. The summed E-state index contributed by atoms with van der Waals surface area (Å²) in [6.07, 6.45) is 3.27. The van der Waals surface area contributed by atoms with E-state index < -0.39 is 15.8 Å². The van der Waals surface area contributed by atoms with E-state index in [1.165, 1.54) is 16.4 Å². The number of imidazole rings is 1. The molecule has 4 rings (SSSR count). The first-order valence-electron chi connectivity index (χ1n) is 9.76. The molecule has 2 aromatic carbocycles. The smallest absolute Gasteiger partial charge is 0.218 e. The van der Waals surface area contributed by atoms with Crippen LogP contribution < -0.4 is 0 Å². The molecule has 7 heteroatoms. The topological polar surface area (TPSA) is 55.2 Å². The van der Waals surface area contributed by atoms with Crippen LogP contribution in [0, 0.1) is 12.7 Å². The number of aromatic nitrogens is 2. The van der Waals surface area contributed by atoms with E-state index in [1.807, 2.05) is 43.5 Å². The van der Waals surface area contributed by atoms with Gasteiger partial charge >= 0.3 is 0 Å². The van der Waals surface area contributed by atoms with Crippen LogP contribution in [0.25, 0.3) is 11.4 Å². The van der Waals surface area contributed by atoms with Gasteiger partial charge in [0.25, 0.3) is 0 Å². The van der Waals surface area contributed by atoms with Crippen LogP contribution in [0.5, 0.6) is 0 Å². The molecule has 0 amide bonds. The lowest BCUT2D eigenvalue weighted by Gasteiger charge is -2.33. The number of hydrogen-bond donors (Lipinski definition) is 0. The number of halogens is 1. The van der Waals surface area contributed by atoms with E-state index in [9.17, 15) is 12.8 Å². The van der Waals surface area contributed by atoms with Gasteiger partial charge in [0.1, 0.15) is 11.6 Å². The molecule has 5 nitrogen and oxygen atoms in total. The van der Waals surface area contributed by atoms with Crippen molar-refractivity contribution in [1.82, 2.24) is 13.9 Å². The van der Waals surface area contributed by atoms with Gasteiger partial charge in [-0.2, -0.15) is 0 Å². The number of aryl methyl sites for hydroxylation is 1. The number of benzene rings is 2. The van der Waals surface area contributed by atoms with Crippen LogP contribution in [0.15, 0.2) is 60.8 Å². The molecule has 0 aliphatic carbocycles. The van der Waals surface area contributed by atoms with E-state index in [0.717, 1.165) is 17.1 Å². The van der Waals surface area contributed by atoms with E-state index in [4.69, 9.17) is 0 Å². The van der Waals surface area contributed by atoms with Gasteiger partial charge in [0, 0.05) is 42.1 Å². The third kappa shape index (κ3) is 4.11. The van der Waals surface area contributed by atoms with E-state index >= 15 is 0 Å². The quantitative estimate of drug-likeness (QED) is 0.631. The van der Waals surface area contributed by atoms with Crippen molar-refractivity contribution in [3.05, 3.63) is 77.9 Å². The minimum Gasteiger partial charge on any atom is -0.325 e. The normalized spacial score (nSPS) is 16.2. The molecule has 0 unspecified atom stereocenters. The molecule has 0 N–H and O–H groups in total. The maximum Gasteiger partial charge on any atom is 0.218 e. The highest BCUT2D eigenvalue weighted by Gasteiger charge is 2.30. The zero-order chi connectivity index (χ0) is 20.4. The molecule has 2 heterocycles. The summed E-state index contributed by atoms with van der Waals surface area (Å²) < 4.78 is 43.2. The Morgan fingerprint density at radius 1 is 1.03 bits per heavy atom.